The molecule has 0 bridgehead atoms. The predicted octanol–water partition coefficient (Wildman–Crippen LogP) is 3.20. The number of hydrogen-bond acceptors (Lipinski definition) is 3. The van der Waals surface area contributed by atoms with Crippen LogP contribution in [0, 0.1) is 5.92 Å². The maximum absolute atomic E-state index is 4.61. The minimum atomic E-state index is 0.521. The van der Waals surface area contributed by atoms with E-state index in [1.165, 1.54) is 37.1 Å². The highest BCUT2D eigenvalue weighted by molar-refractivity contribution is 5.14. The van der Waals surface area contributed by atoms with Crippen LogP contribution in [0.15, 0.2) is 18.3 Å². The monoisotopic (exact) mass is 275 g/mol. The summed E-state index contributed by atoms with van der Waals surface area (Å²) in [4.78, 5) is 7.14. The van der Waals surface area contributed by atoms with Gasteiger partial charge in [-0.1, -0.05) is 33.3 Å². The Kier molecular flexibility index (Phi) is 5.99. The van der Waals surface area contributed by atoms with Crippen LogP contribution in [-0.2, 0) is 13.1 Å². The van der Waals surface area contributed by atoms with Crippen molar-refractivity contribution in [2.45, 2.75) is 59.2 Å². The molecule has 2 rings (SSSR count). The van der Waals surface area contributed by atoms with Gasteiger partial charge in [0.15, 0.2) is 0 Å². The summed E-state index contributed by atoms with van der Waals surface area (Å²) in [5.74, 6) is 0.935. The zero-order chi connectivity index (χ0) is 14.4. The van der Waals surface area contributed by atoms with E-state index in [0.717, 1.165) is 25.6 Å². The first-order valence-electron chi connectivity index (χ1n) is 8.07. The van der Waals surface area contributed by atoms with Crippen LogP contribution in [0.5, 0.6) is 0 Å². The molecule has 20 heavy (non-hydrogen) atoms. The predicted molar refractivity (Wildman–Crippen MR) is 84.5 cm³/mol. The van der Waals surface area contributed by atoms with Crippen molar-refractivity contribution in [3.05, 3.63) is 29.6 Å². The highest BCUT2D eigenvalue weighted by atomic mass is 15.1. The molecule has 3 nitrogen and oxygen atoms in total. The van der Waals surface area contributed by atoms with Gasteiger partial charge in [-0.25, -0.2) is 0 Å². The lowest BCUT2D eigenvalue weighted by Crippen LogP contribution is -2.32. The van der Waals surface area contributed by atoms with Crippen LogP contribution < -0.4 is 5.32 Å². The van der Waals surface area contributed by atoms with Gasteiger partial charge < -0.3 is 5.32 Å². The molecule has 1 heterocycles. The van der Waals surface area contributed by atoms with Crippen LogP contribution >= 0.6 is 0 Å². The van der Waals surface area contributed by atoms with E-state index in [9.17, 15) is 0 Å². The molecule has 1 aromatic heterocycles. The van der Waals surface area contributed by atoms with Crippen molar-refractivity contribution in [3.8, 4) is 0 Å². The molecule has 3 heteroatoms. The van der Waals surface area contributed by atoms with Crippen LogP contribution in [-0.4, -0.2) is 29.0 Å². The summed E-state index contributed by atoms with van der Waals surface area (Å²) in [6, 6.07) is 4.91. The van der Waals surface area contributed by atoms with Gasteiger partial charge in [-0.05, 0) is 36.9 Å². The number of hydrogen-bond donors (Lipinski definition) is 1. The van der Waals surface area contributed by atoms with Gasteiger partial charge in [-0.2, -0.15) is 0 Å². The molecule has 1 fully saturated rings. The lowest BCUT2D eigenvalue weighted by atomic mass is 9.85. The van der Waals surface area contributed by atoms with E-state index in [-0.39, 0.29) is 0 Å². The normalized spacial score (nSPS) is 15.8. The van der Waals surface area contributed by atoms with Crippen molar-refractivity contribution < 1.29 is 0 Å². The largest absolute Gasteiger partial charge is 0.310 e. The van der Waals surface area contributed by atoms with Gasteiger partial charge in [-0.15, -0.1) is 0 Å². The Labute approximate surface area is 123 Å². The fraction of sp³-hybridized carbons (Fsp3) is 0.706. The van der Waals surface area contributed by atoms with E-state index in [2.05, 4.69) is 48.1 Å². The molecular formula is C17H29N3. The number of nitrogens with one attached hydrogen (secondary N) is 1. The number of nitrogens with zero attached hydrogens (tertiary/aromatic N) is 2. The molecule has 0 aliphatic heterocycles. The average molecular weight is 275 g/mol. The number of rotatable bonds is 8. The third-order valence-corrected chi connectivity index (χ3v) is 4.17. The summed E-state index contributed by atoms with van der Waals surface area (Å²) < 4.78 is 0. The number of pyridine rings is 1. The Balaban J connectivity index is 1.81. The molecule has 0 unspecified atom stereocenters. The Hall–Kier alpha value is -0.930. The summed E-state index contributed by atoms with van der Waals surface area (Å²) in [6.45, 7) is 10.8. The molecule has 0 saturated heterocycles. The topological polar surface area (TPSA) is 28.2 Å². The molecule has 0 amide bonds. The van der Waals surface area contributed by atoms with Crippen molar-refractivity contribution in [2.24, 2.45) is 5.92 Å². The van der Waals surface area contributed by atoms with Crippen LogP contribution in [0.3, 0.4) is 0 Å². The van der Waals surface area contributed by atoms with Crippen molar-refractivity contribution >= 4 is 0 Å². The van der Waals surface area contributed by atoms with E-state index in [0.29, 0.717) is 6.04 Å². The molecule has 0 spiro atoms. The van der Waals surface area contributed by atoms with Gasteiger partial charge in [-0.3, -0.25) is 9.88 Å². The molecule has 1 N–H and O–H groups in total. The second-order valence-corrected chi connectivity index (χ2v) is 6.32. The first kappa shape index (κ1) is 15.5. The standard InChI is InChI=1S/C17H29N3/c1-4-20(12-15-6-5-7-15)13-17-9-8-16(11-19-17)10-18-14(2)3/h8-9,11,14-15,18H,4-7,10,12-13H2,1-3H3. The van der Waals surface area contributed by atoms with Crippen molar-refractivity contribution in [1.29, 1.82) is 0 Å². The number of aromatic nitrogens is 1. The van der Waals surface area contributed by atoms with Gasteiger partial charge in [0, 0.05) is 31.9 Å². The van der Waals surface area contributed by atoms with Crippen molar-refractivity contribution in [1.82, 2.24) is 15.2 Å². The summed E-state index contributed by atoms with van der Waals surface area (Å²) in [6.07, 6.45) is 6.29. The summed E-state index contributed by atoms with van der Waals surface area (Å²) in [7, 11) is 0. The third-order valence-electron chi connectivity index (χ3n) is 4.17. The Bertz CT molecular complexity index is 382. The zero-order valence-electron chi connectivity index (χ0n) is 13.2. The highest BCUT2D eigenvalue weighted by Crippen LogP contribution is 2.27. The van der Waals surface area contributed by atoms with Crippen molar-refractivity contribution in [3.63, 3.8) is 0 Å². The molecule has 0 atom stereocenters. The zero-order valence-corrected chi connectivity index (χ0v) is 13.2. The van der Waals surface area contributed by atoms with Crippen LogP contribution in [0.1, 0.15) is 51.3 Å². The summed E-state index contributed by atoms with van der Waals surface area (Å²) >= 11 is 0. The van der Waals surface area contributed by atoms with Crippen LogP contribution in [0.2, 0.25) is 0 Å². The SMILES string of the molecule is CCN(Cc1ccc(CNC(C)C)cn1)CC1CCC1. The van der Waals surface area contributed by atoms with Gasteiger partial charge in [0.05, 0.1) is 5.69 Å². The average Bonchev–Trinajstić information content (AvgIpc) is 2.40. The van der Waals surface area contributed by atoms with Gasteiger partial charge in [0.1, 0.15) is 0 Å². The fourth-order valence-electron chi connectivity index (χ4n) is 2.55. The molecule has 0 radical (unpaired) electrons. The van der Waals surface area contributed by atoms with E-state index >= 15 is 0 Å². The van der Waals surface area contributed by atoms with Gasteiger partial charge in [0.2, 0.25) is 0 Å². The highest BCUT2D eigenvalue weighted by Gasteiger charge is 2.20. The Morgan fingerprint density at radius 2 is 2.15 bits per heavy atom. The maximum atomic E-state index is 4.61. The lowest BCUT2D eigenvalue weighted by molar-refractivity contribution is 0.177. The smallest absolute Gasteiger partial charge is 0.0544 e. The molecule has 1 aromatic rings. The van der Waals surface area contributed by atoms with E-state index < -0.39 is 0 Å². The fourth-order valence-corrected chi connectivity index (χ4v) is 2.55. The molecule has 1 saturated carbocycles. The molecule has 1 aliphatic carbocycles. The molecule has 0 aromatic carbocycles. The van der Waals surface area contributed by atoms with E-state index in [1.807, 2.05) is 6.20 Å². The van der Waals surface area contributed by atoms with E-state index in [1.54, 1.807) is 0 Å². The third kappa shape index (κ3) is 4.88. The van der Waals surface area contributed by atoms with E-state index in [4.69, 9.17) is 0 Å². The minimum absolute atomic E-state index is 0.521. The molecular weight excluding hydrogens is 246 g/mol. The van der Waals surface area contributed by atoms with Crippen molar-refractivity contribution in [2.75, 3.05) is 13.1 Å². The van der Waals surface area contributed by atoms with Gasteiger partial charge in [0.25, 0.3) is 0 Å². The Morgan fingerprint density at radius 3 is 2.65 bits per heavy atom. The lowest BCUT2D eigenvalue weighted by Gasteiger charge is -2.31. The van der Waals surface area contributed by atoms with Crippen LogP contribution in [0.4, 0.5) is 0 Å². The molecule has 1 aliphatic rings. The quantitative estimate of drug-likeness (QED) is 0.789. The minimum Gasteiger partial charge on any atom is -0.310 e. The summed E-state index contributed by atoms with van der Waals surface area (Å²) in [5.41, 5.74) is 2.46. The first-order chi connectivity index (χ1) is 9.67. The second-order valence-electron chi connectivity index (χ2n) is 6.32. The maximum Gasteiger partial charge on any atom is 0.0544 e. The Morgan fingerprint density at radius 1 is 1.35 bits per heavy atom. The van der Waals surface area contributed by atoms with Crippen LogP contribution in [0.25, 0.3) is 0 Å². The second kappa shape index (κ2) is 7.75. The first-order valence-corrected chi connectivity index (χ1v) is 8.07. The molecule has 112 valence electrons. The van der Waals surface area contributed by atoms with Gasteiger partial charge >= 0.3 is 0 Å². The summed E-state index contributed by atoms with van der Waals surface area (Å²) in [5, 5.41) is 3.42.